The van der Waals surface area contributed by atoms with Gasteiger partial charge in [0.1, 0.15) is 0 Å². The molecule has 1 fully saturated rings. The average molecular weight is 217 g/mol. The molecule has 0 bridgehead atoms. The Morgan fingerprint density at radius 2 is 2.12 bits per heavy atom. The molecule has 0 heterocycles. The zero-order valence-corrected chi connectivity index (χ0v) is 10.4. The third kappa shape index (κ3) is 2.46. The van der Waals surface area contributed by atoms with Gasteiger partial charge in [-0.3, -0.25) is 0 Å². The first kappa shape index (κ1) is 11.7. The number of benzene rings is 1. The summed E-state index contributed by atoms with van der Waals surface area (Å²) in [4.78, 5) is 0. The van der Waals surface area contributed by atoms with Crippen LogP contribution in [-0.2, 0) is 6.42 Å². The molecule has 1 aliphatic carbocycles. The highest BCUT2D eigenvalue weighted by molar-refractivity contribution is 5.28. The van der Waals surface area contributed by atoms with Gasteiger partial charge in [-0.1, -0.05) is 38.1 Å². The first-order valence-corrected chi connectivity index (χ1v) is 6.55. The topological polar surface area (TPSA) is 26.0 Å². The van der Waals surface area contributed by atoms with Crippen molar-refractivity contribution in [2.75, 3.05) is 0 Å². The van der Waals surface area contributed by atoms with Gasteiger partial charge in [0.05, 0.1) is 0 Å². The van der Waals surface area contributed by atoms with Crippen LogP contribution < -0.4 is 5.73 Å². The molecule has 1 aliphatic rings. The molecule has 1 aromatic carbocycles. The van der Waals surface area contributed by atoms with Crippen LogP contribution in [0.3, 0.4) is 0 Å². The fraction of sp³-hybridized carbons (Fsp3) is 0.600. The van der Waals surface area contributed by atoms with Gasteiger partial charge in [0.2, 0.25) is 0 Å². The lowest BCUT2D eigenvalue weighted by atomic mass is 9.75. The Hall–Kier alpha value is -0.820. The Labute approximate surface area is 99.0 Å². The first-order valence-electron chi connectivity index (χ1n) is 6.55. The molecule has 1 heteroatoms. The number of rotatable bonds is 2. The molecule has 0 amide bonds. The number of hydrogen-bond donors (Lipinski definition) is 1. The van der Waals surface area contributed by atoms with Crippen molar-refractivity contribution in [1.29, 1.82) is 0 Å². The number of hydrogen-bond acceptors (Lipinski definition) is 1. The highest BCUT2D eigenvalue weighted by Gasteiger charge is 2.27. The fourth-order valence-corrected chi connectivity index (χ4v) is 2.83. The summed E-state index contributed by atoms with van der Waals surface area (Å²) >= 11 is 0. The van der Waals surface area contributed by atoms with Crippen LogP contribution >= 0.6 is 0 Å². The van der Waals surface area contributed by atoms with Crippen LogP contribution in [0.4, 0.5) is 0 Å². The van der Waals surface area contributed by atoms with Crippen LogP contribution in [0.2, 0.25) is 0 Å². The lowest BCUT2D eigenvalue weighted by Crippen LogP contribution is -2.33. The molecule has 2 rings (SSSR count). The Balaban J connectivity index is 2.20. The summed E-state index contributed by atoms with van der Waals surface area (Å²) in [5.41, 5.74) is 9.15. The highest BCUT2D eigenvalue weighted by atomic mass is 14.7. The van der Waals surface area contributed by atoms with Crippen molar-refractivity contribution >= 4 is 0 Å². The molecule has 0 aliphatic heterocycles. The van der Waals surface area contributed by atoms with Crippen LogP contribution in [-0.4, -0.2) is 6.04 Å². The maximum absolute atomic E-state index is 6.26. The average Bonchev–Trinajstić information content (AvgIpc) is 2.32. The summed E-state index contributed by atoms with van der Waals surface area (Å²) in [7, 11) is 0. The quantitative estimate of drug-likeness (QED) is 0.806. The zero-order valence-electron chi connectivity index (χ0n) is 10.4. The molecule has 0 spiro atoms. The highest BCUT2D eigenvalue weighted by Crippen LogP contribution is 2.35. The third-order valence-corrected chi connectivity index (χ3v) is 3.95. The van der Waals surface area contributed by atoms with Crippen LogP contribution in [0.5, 0.6) is 0 Å². The predicted octanol–water partition coefficient (Wildman–Crippen LogP) is 3.48. The van der Waals surface area contributed by atoms with E-state index >= 15 is 0 Å². The van der Waals surface area contributed by atoms with Crippen molar-refractivity contribution in [1.82, 2.24) is 0 Å². The van der Waals surface area contributed by atoms with Gasteiger partial charge in [0, 0.05) is 6.04 Å². The van der Waals surface area contributed by atoms with Crippen molar-refractivity contribution in [2.45, 2.75) is 51.5 Å². The Kier molecular flexibility index (Phi) is 3.65. The molecule has 1 aromatic rings. The number of aryl methyl sites for hydroxylation is 1. The molecule has 1 saturated carbocycles. The van der Waals surface area contributed by atoms with Crippen molar-refractivity contribution in [3.8, 4) is 0 Å². The lowest BCUT2D eigenvalue weighted by molar-refractivity contribution is 0.306. The van der Waals surface area contributed by atoms with Crippen molar-refractivity contribution in [2.24, 2.45) is 11.7 Å². The van der Waals surface area contributed by atoms with Gasteiger partial charge in [0.15, 0.2) is 0 Å². The van der Waals surface area contributed by atoms with Crippen LogP contribution in [0.15, 0.2) is 24.3 Å². The Morgan fingerprint density at radius 1 is 1.31 bits per heavy atom. The van der Waals surface area contributed by atoms with E-state index in [1.165, 1.54) is 30.4 Å². The van der Waals surface area contributed by atoms with E-state index in [2.05, 4.69) is 38.1 Å². The minimum atomic E-state index is 0.364. The summed E-state index contributed by atoms with van der Waals surface area (Å²) < 4.78 is 0. The number of nitrogens with two attached hydrogens (primary N) is 1. The second-order valence-electron chi connectivity index (χ2n) is 5.29. The van der Waals surface area contributed by atoms with Gasteiger partial charge < -0.3 is 5.73 Å². The van der Waals surface area contributed by atoms with Gasteiger partial charge >= 0.3 is 0 Å². The maximum atomic E-state index is 6.26. The minimum absolute atomic E-state index is 0.364. The summed E-state index contributed by atoms with van der Waals surface area (Å²) in [6.45, 7) is 4.56. The van der Waals surface area contributed by atoms with E-state index in [0.29, 0.717) is 12.0 Å². The Morgan fingerprint density at radius 3 is 2.88 bits per heavy atom. The molecule has 2 N–H and O–H groups in total. The lowest BCUT2D eigenvalue weighted by Gasteiger charge is -2.33. The van der Waals surface area contributed by atoms with E-state index in [1.807, 2.05) is 0 Å². The SMILES string of the molecule is CCc1cccc(C2CC(C)CCC2N)c1. The largest absolute Gasteiger partial charge is 0.327 e. The van der Waals surface area contributed by atoms with Crippen molar-refractivity contribution in [3.63, 3.8) is 0 Å². The van der Waals surface area contributed by atoms with Gasteiger partial charge in [0.25, 0.3) is 0 Å². The molecule has 88 valence electrons. The summed E-state index contributed by atoms with van der Waals surface area (Å²) in [6, 6.07) is 9.36. The normalized spacial score (nSPS) is 30.3. The molecule has 3 unspecified atom stereocenters. The standard InChI is InChI=1S/C15H23N/c1-3-12-5-4-6-13(10-12)14-9-11(2)7-8-15(14)16/h4-6,10-11,14-15H,3,7-9,16H2,1-2H3. The maximum Gasteiger partial charge on any atom is 0.0108 e. The van der Waals surface area contributed by atoms with Crippen molar-refractivity contribution in [3.05, 3.63) is 35.4 Å². The summed E-state index contributed by atoms with van der Waals surface area (Å²) in [5.74, 6) is 1.41. The molecule has 3 atom stereocenters. The molecule has 16 heavy (non-hydrogen) atoms. The fourth-order valence-electron chi connectivity index (χ4n) is 2.83. The smallest absolute Gasteiger partial charge is 0.0108 e. The van der Waals surface area contributed by atoms with Crippen LogP contribution in [0.1, 0.15) is 50.2 Å². The summed E-state index contributed by atoms with van der Waals surface area (Å²) in [6.07, 6.45) is 4.85. The molecule has 0 saturated heterocycles. The van der Waals surface area contributed by atoms with Crippen molar-refractivity contribution < 1.29 is 0 Å². The second-order valence-corrected chi connectivity index (χ2v) is 5.29. The van der Waals surface area contributed by atoms with Gasteiger partial charge in [-0.05, 0) is 48.6 Å². The second kappa shape index (κ2) is 5.01. The molecule has 1 nitrogen and oxygen atoms in total. The molecular formula is C15H23N. The van der Waals surface area contributed by atoms with E-state index in [4.69, 9.17) is 5.73 Å². The van der Waals surface area contributed by atoms with Gasteiger partial charge in [-0.25, -0.2) is 0 Å². The van der Waals surface area contributed by atoms with E-state index in [1.54, 1.807) is 0 Å². The van der Waals surface area contributed by atoms with E-state index < -0.39 is 0 Å². The molecular weight excluding hydrogens is 194 g/mol. The van der Waals surface area contributed by atoms with Gasteiger partial charge in [-0.15, -0.1) is 0 Å². The third-order valence-electron chi connectivity index (χ3n) is 3.95. The van der Waals surface area contributed by atoms with E-state index in [-0.39, 0.29) is 0 Å². The van der Waals surface area contributed by atoms with Gasteiger partial charge in [-0.2, -0.15) is 0 Å². The zero-order chi connectivity index (χ0) is 11.5. The molecule has 0 radical (unpaired) electrons. The monoisotopic (exact) mass is 217 g/mol. The molecule has 0 aromatic heterocycles. The Bertz CT molecular complexity index is 345. The van der Waals surface area contributed by atoms with E-state index in [9.17, 15) is 0 Å². The predicted molar refractivity (Wildman–Crippen MR) is 69.6 cm³/mol. The van der Waals surface area contributed by atoms with Crippen LogP contribution in [0, 0.1) is 5.92 Å². The first-order chi connectivity index (χ1) is 7.70. The summed E-state index contributed by atoms with van der Waals surface area (Å²) in [5, 5.41) is 0. The van der Waals surface area contributed by atoms with E-state index in [0.717, 1.165) is 12.3 Å². The van der Waals surface area contributed by atoms with Crippen LogP contribution in [0.25, 0.3) is 0 Å². The minimum Gasteiger partial charge on any atom is -0.327 e.